The number of carbonyl (C=O) groups is 2. The van der Waals surface area contributed by atoms with Gasteiger partial charge in [0.2, 0.25) is 11.8 Å². The van der Waals surface area contributed by atoms with Gasteiger partial charge in [0.1, 0.15) is 12.6 Å². The minimum absolute atomic E-state index is 0.0483. The first-order valence-corrected chi connectivity index (χ1v) is 15.9. The molecule has 4 rings (SSSR count). The zero-order valence-electron chi connectivity index (χ0n) is 24.5. The average molecular weight is 618 g/mol. The van der Waals surface area contributed by atoms with E-state index >= 15 is 0 Å². The van der Waals surface area contributed by atoms with Crippen molar-refractivity contribution in [2.75, 3.05) is 17.4 Å². The summed E-state index contributed by atoms with van der Waals surface area (Å²) >= 11 is 6.21. The van der Waals surface area contributed by atoms with E-state index < -0.39 is 28.5 Å². The van der Waals surface area contributed by atoms with Crippen molar-refractivity contribution in [1.29, 1.82) is 0 Å². The maximum atomic E-state index is 14.5. The third kappa shape index (κ3) is 7.83. The van der Waals surface area contributed by atoms with Crippen LogP contribution in [0.4, 0.5) is 5.69 Å². The Morgan fingerprint density at radius 2 is 1.47 bits per heavy atom. The number of amides is 2. The van der Waals surface area contributed by atoms with Crippen molar-refractivity contribution in [3.63, 3.8) is 0 Å². The fourth-order valence-electron chi connectivity index (χ4n) is 4.95. The Labute approximate surface area is 259 Å². The number of likely N-dealkylation sites (N-methyl/N-ethyl adjacent to an activating group) is 1. The van der Waals surface area contributed by atoms with Crippen LogP contribution in [-0.4, -0.2) is 44.3 Å². The fourth-order valence-corrected chi connectivity index (χ4v) is 6.68. The number of halogens is 1. The van der Waals surface area contributed by atoms with Gasteiger partial charge in [-0.05, 0) is 73.4 Å². The number of rotatable bonds is 12. The molecule has 0 aromatic heterocycles. The third-order valence-electron chi connectivity index (χ3n) is 7.26. The minimum atomic E-state index is -4.17. The van der Waals surface area contributed by atoms with Gasteiger partial charge in [-0.25, -0.2) is 8.42 Å². The molecule has 7 nitrogen and oxygen atoms in total. The van der Waals surface area contributed by atoms with Crippen LogP contribution >= 0.6 is 11.6 Å². The molecule has 0 bridgehead atoms. The number of carbonyl (C=O) groups excluding carboxylic acids is 2. The lowest BCUT2D eigenvalue weighted by molar-refractivity contribution is -0.140. The first-order chi connectivity index (χ1) is 20.6. The van der Waals surface area contributed by atoms with Gasteiger partial charge in [-0.1, -0.05) is 84.4 Å². The molecule has 4 aromatic rings. The molecule has 0 fully saturated rings. The summed E-state index contributed by atoms with van der Waals surface area (Å²) in [5.41, 5.74) is 3.61. The molecule has 0 spiro atoms. The normalized spacial score (nSPS) is 11.9. The summed E-state index contributed by atoms with van der Waals surface area (Å²) in [6, 6.07) is 29.1. The van der Waals surface area contributed by atoms with E-state index in [0.29, 0.717) is 22.8 Å². The summed E-state index contributed by atoms with van der Waals surface area (Å²) in [6.07, 6.45) is 0.260. The van der Waals surface area contributed by atoms with Crippen LogP contribution < -0.4 is 9.62 Å². The molecule has 0 aliphatic heterocycles. The molecule has 2 amide bonds. The molecule has 0 unspecified atom stereocenters. The zero-order chi connectivity index (χ0) is 31.0. The second-order valence-electron chi connectivity index (χ2n) is 10.3. The van der Waals surface area contributed by atoms with Gasteiger partial charge in [0, 0.05) is 24.5 Å². The van der Waals surface area contributed by atoms with Gasteiger partial charge < -0.3 is 10.2 Å². The van der Waals surface area contributed by atoms with Gasteiger partial charge in [0.05, 0.1) is 10.6 Å². The number of hydrogen-bond acceptors (Lipinski definition) is 4. The fraction of sp³-hybridized carbons (Fsp3) is 0.235. The molecular formula is C34H36ClN3O4S. The third-order valence-corrected chi connectivity index (χ3v) is 9.27. The van der Waals surface area contributed by atoms with Crippen LogP contribution in [0.1, 0.15) is 29.2 Å². The molecule has 0 aliphatic carbocycles. The summed E-state index contributed by atoms with van der Waals surface area (Å²) in [7, 11) is -4.17. The molecule has 224 valence electrons. The summed E-state index contributed by atoms with van der Waals surface area (Å²) in [5, 5.41) is 3.33. The number of nitrogens with one attached hydrogen (secondary N) is 1. The van der Waals surface area contributed by atoms with Crippen LogP contribution in [0.15, 0.2) is 108 Å². The largest absolute Gasteiger partial charge is 0.355 e. The number of sulfonamides is 1. The van der Waals surface area contributed by atoms with Gasteiger partial charge in [-0.2, -0.15) is 0 Å². The summed E-state index contributed by atoms with van der Waals surface area (Å²) in [4.78, 5) is 29.6. The van der Waals surface area contributed by atoms with E-state index in [2.05, 4.69) is 5.32 Å². The highest BCUT2D eigenvalue weighted by Crippen LogP contribution is 2.29. The molecule has 43 heavy (non-hydrogen) atoms. The molecule has 0 saturated heterocycles. The van der Waals surface area contributed by atoms with E-state index in [1.807, 2.05) is 68.4 Å². The van der Waals surface area contributed by atoms with Gasteiger partial charge in [0.15, 0.2) is 0 Å². The van der Waals surface area contributed by atoms with Crippen LogP contribution in [0.3, 0.4) is 0 Å². The Morgan fingerprint density at radius 1 is 0.837 bits per heavy atom. The van der Waals surface area contributed by atoms with Crippen molar-refractivity contribution in [3.8, 4) is 0 Å². The second-order valence-corrected chi connectivity index (χ2v) is 12.6. The van der Waals surface area contributed by atoms with Crippen LogP contribution in [-0.2, 0) is 32.6 Å². The van der Waals surface area contributed by atoms with Crippen molar-refractivity contribution < 1.29 is 18.0 Å². The molecular weight excluding hydrogens is 582 g/mol. The van der Waals surface area contributed by atoms with Crippen molar-refractivity contribution >= 4 is 39.1 Å². The molecule has 1 N–H and O–H groups in total. The lowest BCUT2D eigenvalue weighted by Gasteiger charge is -2.34. The highest BCUT2D eigenvalue weighted by Gasteiger charge is 2.35. The van der Waals surface area contributed by atoms with Crippen molar-refractivity contribution in [2.45, 2.75) is 44.7 Å². The maximum Gasteiger partial charge on any atom is 0.264 e. The topological polar surface area (TPSA) is 86.8 Å². The quantitative estimate of drug-likeness (QED) is 0.214. The second kappa shape index (κ2) is 14.4. The van der Waals surface area contributed by atoms with E-state index in [9.17, 15) is 18.0 Å². The van der Waals surface area contributed by atoms with E-state index in [-0.39, 0.29) is 23.8 Å². The standard InChI is InChI=1S/C34H36ClN3O4S/c1-4-36-34(40)32(22-27-14-7-5-8-15-27)37(23-28-16-12-11-13-25(28)2)33(39)24-38(31-20-19-29(35)21-26(31)3)43(41,42)30-17-9-6-10-18-30/h5-21,32H,4,22-24H2,1-3H3,(H,36,40)/t32-/m1/s1. The summed E-state index contributed by atoms with van der Waals surface area (Å²) in [5.74, 6) is -0.822. The van der Waals surface area contributed by atoms with Crippen LogP contribution in [0, 0.1) is 13.8 Å². The average Bonchev–Trinajstić information content (AvgIpc) is 3.00. The molecule has 1 atom stereocenters. The predicted octanol–water partition coefficient (Wildman–Crippen LogP) is 5.93. The van der Waals surface area contributed by atoms with Crippen molar-refractivity contribution in [1.82, 2.24) is 10.2 Å². The number of aryl methyl sites for hydroxylation is 2. The number of hydrogen-bond donors (Lipinski definition) is 1. The first-order valence-electron chi connectivity index (χ1n) is 14.1. The summed E-state index contributed by atoms with van der Waals surface area (Å²) in [6.45, 7) is 5.50. The highest BCUT2D eigenvalue weighted by molar-refractivity contribution is 7.92. The van der Waals surface area contributed by atoms with Gasteiger partial charge in [-0.3, -0.25) is 13.9 Å². The van der Waals surface area contributed by atoms with E-state index in [1.165, 1.54) is 17.0 Å². The van der Waals surface area contributed by atoms with E-state index in [4.69, 9.17) is 11.6 Å². The Balaban J connectivity index is 1.82. The van der Waals surface area contributed by atoms with Gasteiger partial charge in [-0.15, -0.1) is 0 Å². The molecule has 9 heteroatoms. The summed E-state index contributed by atoms with van der Waals surface area (Å²) < 4.78 is 29.3. The van der Waals surface area contributed by atoms with Gasteiger partial charge >= 0.3 is 0 Å². The van der Waals surface area contributed by atoms with E-state index in [1.54, 1.807) is 43.3 Å². The molecule has 0 aliphatic rings. The SMILES string of the molecule is CCNC(=O)[C@@H](Cc1ccccc1)N(Cc1ccccc1C)C(=O)CN(c1ccc(Cl)cc1C)S(=O)(=O)c1ccccc1. The number of nitrogens with zero attached hydrogens (tertiary/aromatic N) is 2. The highest BCUT2D eigenvalue weighted by atomic mass is 35.5. The molecule has 0 radical (unpaired) electrons. The number of anilines is 1. The predicted molar refractivity (Wildman–Crippen MR) is 172 cm³/mol. The minimum Gasteiger partial charge on any atom is -0.355 e. The van der Waals surface area contributed by atoms with Crippen LogP contribution in [0.25, 0.3) is 0 Å². The van der Waals surface area contributed by atoms with Crippen molar-refractivity contribution in [3.05, 3.63) is 130 Å². The Bertz CT molecular complexity index is 1660. The first kappa shape index (κ1) is 31.8. The lowest BCUT2D eigenvalue weighted by atomic mass is 10.0. The molecule has 0 saturated carbocycles. The number of benzene rings is 4. The molecule has 0 heterocycles. The smallest absolute Gasteiger partial charge is 0.264 e. The van der Waals surface area contributed by atoms with Crippen LogP contribution in [0.5, 0.6) is 0 Å². The Kier molecular flexibility index (Phi) is 10.6. The van der Waals surface area contributed by atoms with Crippen LogP contribution in [0.2, 0.25) is 5.02 Å². The zero-order valence-corrected chi connectivity index (χ0v) is 26.1. The monoisotopic (exact) mass is 617 g/mol. The van der Waals surface area contributed by atoms with E-state index in [0.717, 1.165) is 21.0 Å². The van der Waals surface area contributed by atoms with Gasteiger partial charge in [0.25, 0.3) is 10.0 Å². The maximum absolute atomic E-state index is 14.5. The Hall–Kier alpha value is -4.14. The lowest BCUT2D eigenvalue weighted by Crippen LogP contribution is -2.53. The Morgan fingerprint density at radius 3 is 2.09 bits per heavy atom. The molecule has 4 aromatic carbocycles. The van der Waals surface area contributed by atoms with Crippen molar-refractivity contribution in [2.24, 2.45) is 0 Å².